The van der Waals surface area contributed by atoms with Crippen LogP contribution in [0.15, 0.2) is 47.4 Å². The third kappa shape index (κ3) is 4.56. The van der Waals surface area contributed by atoms with E-state index in [1.807, 2.05) is 49.6 Å². The Kier molecular flexibility index (Phi) is 6.53. The summed E-state index contributed by atoms with van der Waals surface area (Å²) in [5.41, 5.74) is 3.11. The number of hydrogen-bond donors (Lipinski definition) is 2. The highest BCUT2D eigenvalue weighted by atomic mass is 35.5. The van der Waals surface area contributed by atoms with Gasteiger partial charge in [0, 0.05) is 49.4 Å². The van der Waals surface area contributed by atoms with Gasteiger partial charge in [0.2, 0.25) is 5.95 Å². The van der Waals surface area contributed by atoms with E-state index in [0.717, 1.165) is 35.1 Å². The third-order valence-electron chi connectivity index (χ3n) is 8.73. The predicted octanol–water partition coefficient (Wildman–Crippen LogP) is 4.16. The van der Waals surface area contributed by atoms with Gasteiger partial charge in [-0.3, -0.25) is 18.7 Å². The van der Waals surface area contributed by atoms with Crippen molar-refractivity contribution in [3.05, 3.63) is 63.5 Å². The Morgan fingerprint density at radius 2 is 1.81 bits per heavy atom. The molecule has 3 aromatic heterocycles. The molecule has 2 aliphatic heterocycles. The van der Waals surface area contributed by atoms with Crippen LogP contribution in [-0.2, 0) is 20.6 Å². The van der Waals surface area contributed by atoms with Crippen LogP contribution in [0.25, 0.3) is 33.2 Å². The van der Waals surface area contributed by atoms with Crippen molar-refractivity contribution in [1.82, 2.24) is 34.4 Å². The lowest BCUT2D eigenvalue weighted by Crippen LogP contribution is -2.51. The second kappa shape index (κ2) is 10.3. The van der Waals surface area contributed by atoms with E-state index >= 15 is 0 Å². The lowest BCUT2D eigenvalue weighted by atomic mass is 9.98. The summed E-state index contributed by atoms with van der Waals surface area (Å²) in [6, 6.07) is 11.5. The number of aromatic nitrogens is 6. The van der Waals surface area contributed by atoms with Gasteiger partial charge >= 0.3 is 6.09 Å². The maximum absolute atomic E-state index is 14.2. The molecule has 2 aliphatic rings. The van der Waals surface area contributed by atoms with Crippen molar-refractivity contribution in [3.63, 3.8) is 0 Å². The van der Waals surface area contributed by atoms with Crippen LogP contribution in [0.1, 0.15) is 31.2 Å². The zero-order chi connectivity index (χ0) is 30.0. The standard InChI is InChI=1S/C30H31ClN8O4/c1-36-15-22-23(34-36)11-10-21(25(22)31)26-24-27(35-38(26)14-16-4-8-20(43-3)9-5-16)33-29(37(2)28(24)40)39-18-6-7-19(39)13-17(12-18)32-30(41)42/h4-5,8-11,15,17-19,32H,6-7,12-14H2,1-3H3,(H,41,42)/t17?,18-,19+. The topological polar surface area (TPSA) is 132 Å². The van der Waals surface area contributed by atoms with Crippen LogP contribution < -0.4 is 20.5 Å². The van der Waals surface area contributed by atoms with Gasteiger partial charge < -0.3 is 20.1 Å². The van der Waals surface area contributed by atoms with Crippen LogP contribution in [0.2, 0.25) is 5.02 Å². The zero-order valence-corrected chi connectivity index (χ0v) is 24.7. The molecule has 2 fully saturated rings. The van der Waals surface area contributed by atoms with Gasteiger partial charge in [-0.1, -0.05) is 23.7 Å². The van der Waals surface area contributed by atoms with E-state index in [2.05, 4.69) is 15.3 Å². The summed E-state index contributed by atoms with van der Waals surface area (Å²) in [5.74, 6) is 1.30. The molecular formula is C30H31ClN8O4. The number of carboxylic acid groups (broad SMARTS) is 1. The lowest BCUT2D eigenvalue weighted by molar-refractivity contribution is 0.185. The predicted molar refractivity (Wildman–Crippen MR) is 163 cm³/mol. The van der Waals surface area contributed by atoms with Gasteiger partial charge in [-0.25, -0.2) is 4.79 Å². The first-order valence-electron chi connectivity index (χ1n) is 14.2. The molecule has 43 heavy (non-hydrogen) atoms. The Morgan fingerprint density at radius 1 is 1.09 bits per heavy atom. The Morgan fingerprint density at radius 3 is 2.49 bits per heavy atom. The average Bonchev–Trinajstić information content (AvgIpc) is 3.62. The zero-order valence-electron chi connectivity index (χ0n) is 24.0. The number of nitrogens with zero attached hydrogens (tertiary/aromatic N) is 7. The molecular weight excluding hydrogens is 572 g/mol. The van der Waals surface area contributed by atoms with Crippen LogP contribution in [0.3, 0.4) is 0 Å². The highest BCUT2D eigenvalue weighted by molar-refractivity contribution is 6.38. The molecule has 2 saturated heterocycles. The second-order valence-corrected chi connectivity index (χ2v) is 11.8. The number of hydrogen-bond acceptors (Lipinski definition) is 7. The fraction of sp³-hybridized carbons (Fsp3) is 0.367. The van der Waals surface area contributed by atoms with Crippen molar-refractivity contribution in [2.75, 3.05) is 12.0 Å². The van der Waals surface area contributed by atoms with Crippen molar-refractivity contribution < 1.29 is 14.6 Å². The molecule has 222 valence electrons. The molecule has 0 saturated carbocycles. The Labute approximate surface area is 251 Å². The van der Waals surface area contributed by atoms with E-state index in [1.54, 1.807) is 28.1 Å². The number of aryl methyl sites for hydroxylation is 1. The molecule has 3 atom stereocenters. The molecule has 5 aromatic rings. The first kappa shape index (κ1) is 27.3. The highest BCUT2D eigenvalue weighted by Gasteiger charge is 2.43. The summed E-state index contributed by atoms with van der Waals surface area (Å²) in [6.07, 6.45) is 4.00. The number of benzene rings is 2. The monoisotopic (exact) mass is 602 g/mol. The second-order valence-electron chi connectivity index (χ2n) is 11.4. The summed E-state index contributed by atoms with van der Waals surface area (Å²) in [7, 11) is 5.20. The maximum atomic E-state index is 14.2. The normalized spacial score (nSPS) is 19.8. The van der Waals surface area contributed by atoms with Crippen LogP contribution >= 0.6 is 11.6 Å². The number of fused-ring (bicyclic) bond motifs is 4. The van der Waals surface area contributed by atoms with E-state index in [0.29, 0.717) is 52.6 Å². The first-order valence-corrected chi connectivity index (χ1v) is 14.6. The van der Waals surface area contributed by atoms with Gasteiger partial charge in [0.05, 0.1) is 29.9 Å². The number of methoxy groups -OCH3 is 1. The van der Waals surface area contributed by atoms with Crippen molar-refractivity contribution >= 4 is 45.6 Å². The smallest absolute Gasteiger partial charge is 0.404 e. The number of rotatable bonds is 6. The van der Waals surface area contributed by atoms with E-state index in [-0.39, 0.29) is 23.7 Å². The molecule has 2 aromatic carbocycles. The molecule has 7 rings (SSSR count). The van der Waals surface area contributed by atoms with E-state index < -0.39 is 6.09 Å². The minimum absolute atomic E-state index is 0.0782. The molecule has 0 radical (unpaired) electrons. The minimum Gasteiger partial charge on any atom is -0.497 e. The van der Waals surface area contributed by atoms with E-state index in [4.69, 9.17) is 26.4 Å². The average molecular weight is 603 g/mol. The lowest BCUT2D eigenvalue weighted by Gasteiger charge is -2.39. The van der Waals surface area contributed by atoms with E-state index in [9.17, 15) is 14.7 Å². The van der Waals surface area contributed by atoms with Gasteiger partial charge in [-0.15, -0.1) is 0 Å². The number of piperidine rings is 1. The summed E-state index contributed by atoms with van der Waals surface area (Å²) in [5, 5.41) is 22.9. The number of ether oxygens (including phenoxy) is 1. The Hall–Kier alpha value is -4.58. The van der Waals surface area contributed by atoms with Crippen LogP contribution in [0.4, 0.5) is 10.7 Å². The number of nitrogens with one attached hydrogen (secondary N) is 1. The number of halogens is 1. The van der Waals surface area contributed by atoms with Gasteiger partial charge in [0.25, 0.3) is 5.56 Å². The van der Waals surface area contributed by atoms with Crippen molar-refractivity contribution in [2.45, 2.75) is 50.4 Å². The largest absolute Gasteiger partial charge is 0.497 e. The number of anilines is 1. The number of carbonyl (C=O) groups is 1. The molecule has 1 unspecified atom stereocenters. The van der Waals surface area contributed by atoms with Crippen LogP contribution in [0, 0.1) is 0 Å². The minimum atomic E-state index is -1.01. The molecule has 13 heteroatoms. The first-order chi connectivity index (χ1) is 20.7. The van der Waals surface area contributed by atoms with E-state index in [1.165, 1.54) is 0 Å². The van der Waals surface area contributed by atoms with Gasteiger partial charge in [-0.05, 0) is 55.5 Å². The van der Waals surface area contributed by atoms with Crippen molar-refractivity contribution in [3.8, 4) is 17.0 Å². The van der Waals surface area contributed by atoms with Crippen molar-refractivity contribution in [1.29, 1.82) is 0 Å². The Balaban J connectivity index is 1.39. The quantitative estimate of drug-likeness (QED) is 0.296. The SMILES string of the molecule is COc1ccc(Cn2nc3nc(N4[C@@H]5CC[C@H]4CC(NC(=O)O)C5)n(C)c(=O)c3c2-c2ccc3nn(C)cc3c2Cl)cc1. The van der Waals surface area contributed by atoms with Crippen molar-refractivity contribution in [2.24, 2.45) is 14.1 Å². The molecule has 0 aliphatic carbocycles. The van der Waals surface area contributed by atoms with Crippen LogP contribution in [-0.4, -0.2) is 65.5 Å². The Bertz CT molecular complexity index is 1930. The third-order valence-corrected chi connectivity index (χ3v) is 9.14. The molecule has 2 N–H and O–H groups in total. The fourth-order valence-corrected chi connectivity index (χ4v) is 7.13. The maximum Gasteiger partial charge on any atom is 0.404 e. The number of amides is 1. The summed E-state index contributed by atoms with van der Waals surface area (Å²) in [4.78, 5) is 32.7. The molecule has 0 spiro atoms. The molecule has 12 nitrogen and oxygen atoms in total. The van der Waals surface area contributed by atoms with Gasteiger partial charge in [0.15, 0.2) is 5.65 Å². The summed E-state index contributed by atoms with van der Waals surface area (Å²) < 4.78 is 10.4. The highest BCUT2D eigenvalue weighted by Crippen LogP contribution is 2.40. The summed E-state index contributed by atoms with van der Waals surface area (Å²) in [6.45, 7) is 0.382. The molecule has 2 bridgehead atoms. The van der Waals surface area contributed by atoms with Gasteiger partial charge in [0.1, 0.15) is 11.1 Å². The van der Waals surface area contributed by atoms with Crippen LogP contribution in [0.5, 0.6) is 5.75 Å². The van der Waals surface area contributed by atoms with Gasteiger partial charge in [-0.2, -0.15) is 15.2 Å². The molecule has 1 amide bonds. The fourth-order valence-electron chi connectivity index (χ4n) is 6.83. The summed E-state index contributed by atoms with van der Waals surface area (Å²) >= 11 is 7.01. The molecule has 5 heterocycles.